The molecule has 108 valence electrons. The normalized spacial score (nSPS) is 32.5. The lowest BCUT2D eigenvalue weighted by atomic mass is 9.85. The van der Waals surface area contributed by atoms with Crippen molar-refractivity contribution in [2.45, 2.75) is 57.7 Å². The smallest absolute Gasteiger partial charge is 0.223 e. The average molecular weight is 266 g/mol. The summed E-state index contributed by atoms with van der Waals surface area (Å²) < 4.78 is 5.37. The number of piperazine rings is 1. The van der Waals surface area contributed by atoms with E-state index in [-0.39, 0.29) is 0 Å². The molecule has 4 aliphatic rings. The van der Waals surface area contributed by atoms with Crippen molar-refractivity contribution >= 4 is 5.91 Å². The van der Waals surface area contributed by atoms with Gasteiger partial charge in [0.15, 0.2) is 0 Å². The molecule has 4 saturated heterocycles. The van der Waals surface area contributed by atoms with E-state index in [0.717, 1.165) is 45.6 Å². The molecule has 0 radical (unpaired) electrons. The highest BCUT2D eigenvalue weighted by Gasteiger charge is 2.47. The van der Waals surface area contributed by atoms with E-state index in [2.05, 4.69) is 23.6 Å². The minimum absolute atomic E-state index is 0.400. The molecule has 0 aromatic carbocycles. The Morgan fingerprint density at radius 2 is 1.84 bits per heavy atom. The molecule has 4 heteroatoms. The van der Waals surface area contributed by atoms with Crippen molar-refractivity contribution in [1.29, 1.82) is 0 Å². The summed E-state index contributed by atoms with van der Waals surface area (Å²) in [4.78, 5) is 17.2. The van der Waals surface area contributed by atoms with E-state index in [1.165, 1.54) is 6.42 Å². The standard InChI is InChI=1S/C15H26N2O2/c1-11(2)16-9-13-8-14(10-16)17(13)15(18)7-12-3-5-19-6-4-12/h11-14H,3-10H2,1-2H3. The van der Waals surface area contributed by atoms with Crippen LogP contribution in [0, 0.1) is 5.92 Å². The molecule has 0 aromatic rings. The third kappa shape index (κ3) is 2.65. The highest BCUT2D eigenvalue weighted by atomic mass is 16.5. The molecule has 0 N–H and O–H groups in total. The fraction of sp³-hybridized carbons (Fsp3) is 0.933. The lowest BCUT2D eigenvalue weighted by Gasteiger charge is -2.57. The summed E-state index contributed by atoms with van der Waals surface area (Å²) >= 11 is 0. The number of hydrogen-bond donors (Lipinski definition) is 0. The number of fused-ring (bicyclic) bond motifs is 2. The zero-order chi connectivity index (χ0) is 13.4. The van der Waals surface area contributed by atoms with Crippen LogP contribution in [0.2, 0.25) is 0 Å². The molecule has 0 aliphatic carbocycles. The van der Waals surface area contributed by atoms with Crippen LogP contribution in [0.3, 0.4) is 0 Å². The SMILES string of the molecule is CC(C)N1CC2CC(C1)N2C(=O)CC1CCOCC1. The molecule has 4 aliphatic heterocycles. The Morgan fingerprint density at radius 1 is 1.21 bits per heavy atom. The van der Waals surface area contributed by atoms with E-state index >= 15 is 0 Å². The molecule has 0 saturated carbocycles. The quantitative estimate of drug-likeness (QED) is 0.776. The summed E-state index contributed by atoms with van der Waals surface area (Å²) in [5.41, 5.74) is 0. The summed E-state index contributed by atoms with van der Waals surface area (Å²) in [6.07, 6.45) is 4.10. The molecular weight excluding hydrogens is 240 g/mol. The van der Waals surface area contributed by atoms with Gasteiger partial charge in [-0.3, -0.25) is 9.69 Å². The van der Waals surface area contributed by atoms with Crippen LogP contribution in [0.1, 0.15) is 39.5 Å². The maximum atomic E-state index is 12.5. The minimum atomic E-state index is 0.400. The van der Waals surface area contributed by atoms with Gasteiger partial charge >= 0.3 is 0 Å². The van der Waals surface area contributed by atoms with Crippen LogP contribution < -0.4 is 0 Å². The van der Waals surface area contributed by atoms with Crippen molar-refractivity contribution in [2.24, 2.45) is 5.92 Å². The lowest BCUT2D eigenvalue weighted by Crippen LogP contribution is -2.71. The predicted octanol–water partition coefficient (Wildman–Crippen LogP) is 1.50. The number of hydrogen-bond acceptors (Lipinski definition) is 3. The first-order chi connectivity index (χ1) is 9.15. The lowest BCUT2D eigenvalue weighted by molar-refractivity contribution is -0.156. The Labute approximate surface area is 116 Å². The molecule has 4 heterocycles. The number of carbonyl (C=O) groups is 1. The molecule has 4 rings (SSSR count). The number of carbonyl (C=O) groups excluding carboxylic acids is 1. The second-order valence-electron chi connectivity index (χ2n) is 6.65. The Bertz CT molecular complexity index is 327. The summed E-state index contributed by atoms with van der Waals surface area (Å²) in [6, 6.07) is 1.60. The van der Waals surface area contributed by atoms with E-state index in [1.807, 2.05) is 0 Å². The molecule has 2 bridgehead atoms. The van der Waals surface area contributed by atoms with Gasteiger partial charge in [0.1, 0.15) is 0 Å². The van der Waals surface area contributed by atoms with Gasteiger partial charge in [-0.1, -0.05) is 0 Å². The number of nitrogens with zero attached hydrogens (tertiary/aromatic N) is 2. The van der Waals surface area contributed by atoms with E-state index in [9.17, 15) is 4.79 Å². The maximum Gasteiger partial charge on any atom is 0.223 e. The van der Waals surface area contributed by atoms with Crippen LogP contribution in [-0.2, 0) is 9.53 Å². The van der Waals surface area contributed by atoms with Crippen molar-refractivity contribution in [3.8, 4) is 0 Å². The van der Waals surface area contributed by atoms with Gasteiger partial charge in [0.05, 0.1) is 0 Å². The zero-order valence-electron chi connectivity index (χ0n) is 12.2. The van der Waals surface area contributed by atoms with Gasteiger partial charge < -0.3 is 9.64 Å². The van der Waals surface area contributed by atoms with Gasteiger partial charge in [0.2, 0.25) is 5.91 Å². The third-order valence-corrected chi connectivity index (χ3v) is 5.04. The molecule has 0 spiro atoms. The highest BCUT2D eigenvalue weighted by molar-refractivity contribution is 5.78. The van der Waals surface area contributed by atoms with Crippen molar-refractivity contribution in [3.63, 3.8) is 0 Å². The molecular formula is C15H26N2O2. The highest BCUT2D eigenvalue weighted by Crippen LogP contribution is 2.34. The fourth-order valence-electron chi connectivity index (χ4n) is 3.77. The molecule has 2 atom stereocenters. The minimum Gasteiger partial charge on any atom is -0.381 e. The van der Waals surface area contributed by atoms with E-state index in [1.54, 1.807) is 0 Å². The average Bonchev–Trinajstić information content (AvgIpc) is 2.39. The number of piperidine rings is 1. The van der Waals surface area contributed by atoms with E-state index < -0.39 is 0 Å². The predicted molar refractivity (Wildman–Crippen MR) is 73.9 cm³/mol. The van der Waals surface area contributed by atoms with Gasteiger partial charge in [-0.15, -0.1) is 0 Å². The van der Waals surface area contributed by atoms with Crippen LogP contribution in [-0.4, -0.2) is 60.1 Å². The van der Waals surface area contributed by atoms with Gasteiger partial charge in [-0.05, 0) is 39.0 Å². The van der Waals surface area contributed by atoms with Crippen LogP contribution in [0.5, 0.6) is 0 Å². The van der Waals surface area contributed by atoms with Crippen molar-refractivity contribution in [1.82, 2.24) is 9.80 Å². The van der Waals surface area contributed by atoms with Crippen LogP contribution >= 0.6 is 0 Å². The number of amides is 1. The Morgan fingerprint density at radius 3 is 2.42 bits per heavy atom. The van der Waals surface area contributed by atoms with Crippen molar-refractivity contribution in [3.05, 3.63) is 0 Å². The molecule has 4 fully saturated rings. The van der Waals surface area contributed by atoms with Gasteiger partial charge in [-0.2, -0.15) is 0 Å². The maximum absolute atomic E-state index is 12.5. The van der Waals surface area contributed by atoms with E-state index in [0.29, 0.717) is 30.0 Å². The first-order valence-corrected chi connectivity index (χ1v) is 7.78. The monoisotopic (exact) mass is 266 g/mol. The van der Waals surface area contributed by atoms with Gasteiger partial charge in [-0.25, -0.2) is 0 Å². The summed E-state index contributed by atoms with van der Waals surface area (Å²) in [5, 5.41) is 0. The Balaban J connectivity index is 1.52. The summed E-state index contributed by atoms with van der Waals surface area (Å²) in [6.45, 7) is 8.33. The number of rotatable bonds is 3. The van der Waals surface area contributed by atoms with Crippen molar-refractivity contribution in [2.75, 3.05) is 26.3 Å². The first kappa shape index (κ1) is 13.4. The largest absolute Gasteiger partial charge is 0.381 e. The third-order valence-electron chi connectivity index (χ3n) is 5.04. The van der Waals surface area contributed by atoms with E-state index in [4.69, 9.17) is 4.74 Å². The molecule has 0 aromatic heterocycles. The van der Waals surface area contributed by atoms with Gasteiger partial charge in [0, 0.05) is 50.8 Å². The van der Waals surface area contributed by atoms with Crippen molar-refractivity contribution < 1.29 is 9.53 Å². The van der Waals surface area contributed by atoms with Crippen LogP contribution in [0.4, 0.5) is 0 Å². The molecule has 1 amide bonds. The topological polar surface area (TPSA) is 32.8 Å². The number of ether oxygens (including phenoxy) is 1. The van der Waals surface area contributed by atoms with Gasteiger partial charge in [0.25, 0.3) is 0 Å². The second kappa shape index (κ2) is 5.41. The van der Waals surface area contributed by atoms with Crippen LogP contribution in [0.15, 0.2) is 0 Å². The summed E-state index contributed by atoms with van der Waals surface area (Å²) in [5.74, 6) is 0.959. The Hall–Kier alpha value is -0.610. The molecule has 19 heavy (non-hydrogen) atoms. The van der Waals surface area contributed by atoms with Crippen LogP contribution in [0.25, 0.3) is 0 Å². The molecule has 4 nitrogen and oxygen atoms in total. The first-order valence-electron chi connectivity index (χ1n) is 7.78. The zero-order valence-corrected chi connectivity index (χ0v) is 12.2. The molecule has 2 unspecified atom stereocenters. The second-order valence-corrected chi connectivity index (χ2v) is 6.65. The summed E-state index contributed by atoms with van der Waals surface area (Å²) in [7, 11) is 0. The Kier molecular flexibility index (Phi) is 3.81. The fourth-order valence-corrected chi connectivity index (χ4v) is 3.77.